The van der Waals surface area contributed by atoms with Gasteiger partial charge in [0.25, 0.3) is 0 Å². The molecule has 1 aliphatic rings. The zero-order valence-corrected chi connectivity index (χ0v) is 20.9. The van der Waals surface area contributed by atoms with Crippen LogP contribution in [0.5, 0.6) is 0 Å². The largest absolute Gasteiger partial charge is 0.352 e. The van der Waals surface area contributed by atoms with E-state index in [4.69, 9.17) is 0 Å². The van der Waals surface area contributed by atoms with Crippen molar-refractivity contribution in [2.45, 2.75) is 20.4 Å². The first kappa shape index (κ1) is 24.9. The number of nitrogens with one attached hydrogen (secondary N) is 1. The molecule has 1 aliphatic heterocycles. The van der Waals surface area contributed by atoms with Crippen LogP contribution in [0.2, 0.25) is 0 Å². The van der Waals surface area contributed by atoms with Gasteiger partial charge < -0.3 is 4.90 Å². The molecule has 9 nitrogen and oxygen atoms in total. The third-order valence-electron chi connectivity index (χ3n) is 5.85. The zero-order chi connectivity index (χ0) is 22.9. The van der Waals surface area contributed by atoms with Gasteiger partial charge in [-0.05, 0) is 26.0 Å². The van der Waals surface area contributed by atoms with E-state index >= 15 is 0 Å². The Morgan fingerprint density at radius 3 is 2.21 bits per heavy atom. The Labute approximate surface area is 201 Å². The molecule has 0 spiro atoms. The Balaban J connectivity index is 0.00000306. The Bertz CT molecular complexity index is 1200. The fourth-order valence-electron chi connectivity index (χ4n) is 4.06. The highest BCUT2D eigenvalue weighted by atomic mass is 35.5. The summed E-state index contributed by atoms with van der Waals surface area (Å²) in [5.74, 6) is 0.852. The van der Waals surface area contributed by atoms with Crippen LogP contribution >= 0.6 is 12.4 Å². The van der Waals surface area contributed by atoms with Gasteiger partial charge in [-0.1, -0.05) is 12.1 Å². The van der Waals surface area contributed by atoms with Gasteiger partial charge in [0.05, 0.1) is 11.9 Å². The van der Waals surface area contributed by atoms with Crippen LogP contribution < -0.4 is 9.62 Å². The topological polar surface area (TPSA) is 96.2 Å². The summed E-state index contributed by atoms with van der Waals surface area (Å²) in [6, 6.07) is 7.22. The van der Waals surface area contributed by atoms with Gasteiger partial charge in [0.2, 0.25) is 10.0 Å². The van der Waals surface area contributed by atoms with Crippen molar-refractivity contribution in [3.05, 3.63) is 53.6 Å². The minimum Gasteiger partial charge on any atom is -0.352 e. The molecule has 1 N–H and O–H groups in total. The molecule has 33 heavy (non-hydrogen) atoms. The average molecular weight is 492 g/mol. The summed E-state index contributed by atoms with van der Waals surface area (Å²) in [4.78, 5) is 13.9. The second kappa shape index (κ2) is 10.1. The Kier molecular flexibility index (Phi) is 7.61. The van der Waals surface area contributed by atoms with Crippen LogP contribution in [0.4, 0.5) is 11.5 Å². The molecule has 0 atom stereocenters. The van der Waals surface area contributed by atoms with Crippen LogP contribution in [0.1, 0.15) is 17.0 Å². The molecule has 1 saturated heterocycles. The lowest BCUT2D eigenvalue weighted by Crippen LogP contribution is -2.46. The molecule has 178 valence electrons. The van der Waals surface area contributed by atoms with Crippen LogP contribution in [0.25, 0.3) is 11.3 Å². The normalized spacial score (nSPS) is 14.7. The number of anilines is 2. The van der Waals surface area contributed by atoms with Crippen molar-refractivity contribution in [2.75, 3.05) is 42.1 Å². The maximum absolute atomic E-state index is 11.4. The molecule has 0 amide bonds. The van der Waals surface area contributed by atoms with Gasteiger partial charge >= 0.3 is 0 Å². The number of aryl methyl sites for hydroxylation is 2. The number of sulfonamides is 1. The van der Waals surface area contributed by atoms with Crippen LogP contribution in [-0.2, 0) is 23.6 Å². The Morgan fingerprint density at radius 2 is 1.64 bits per heavy atom. The summed E-state index contributed by atoms with van der Waals surface area (Å²) in [6.07, 6.45) is 4.54. The summed E-state index contributed by atoms with van der Waals surface area (Å²) >= 11 is 0. The highest BCUT2D eigenvalue weighted by Crippen LogP contribution is 2.29. The fourth-order valence-corrected chi connectivity index (χ4v) is 4.63. The third kappa shape index (κ3) is 5.82. The third-order valence-corrected chi connectivity index (χ3v) is 6.46. The summed E-state index contributed by atoms with van der Waals surface area (Å²) in [5, 5.41) is 4.53. The van der Waals surface area contributed by atoms with Gasteiger partial charge in [-0.15, -0.1) is 12.4 Å². The quantitative estimate of drug-likeness (QED) is 0.566. The van der Waals surface area contributed by atoms with Gasteiger partial charge in [0.1, 0.15) is 5.69 Å². The molecule has 0 saturated carbocycles. The van der Waals surface area contributed by atoms with Crippen molar-refractivity contribution >= 4 is 33.9 Å². The van der Waals surface area contributed by atoms with Gasteiger partial charge in [-0.2, -0.15) is 5.10 Å². The minimum atomic E-state index is -3.31. The number of hydrogen-bond acceptors (Lipinski definition) is 7. The van der Waals surface area contributed by atoms with Gasteiger partial charge in [-0.3, -0.25) is 19.3 Å². The minimum absolute atomic E-state index is 0. The zero-order valence-electron chi connectivity index (χ0n) is 19.3. The first-order valence-electron chi connectivity index (χ1n) is 10.6. The van der Waals surface area contributed by atoms with Crippen molar-refractivity contribution in [3.63, 3.8) is 0 Å². The van der Waals surface area contributed by atoms with Crippen molar-refractivity contribution in [1.82, 2.24) is 24.6 Å². The second-order valence-electron chi connectivity index (χ2n) is 8.22. The van der Waals surface area contributed by atoms with E-state index in [0.717, 1.165) is 61.7 Å². The van der Waals surface area contributed by atoms with Crippen molar-refractivity contribution in [2.24, 2.45) is 7.05 Å². The lowest BCUT2D eigenvalue weighted by Gasteiger charge is -2.36. The Morgan fingerprint density at radius 1 is 1.00 bits per heavy atom. The molecule has 3 heterocycles. The van der Waals surface area contributed by atoms with Crippen LogP contribution in [0.3, 0.4) is 0 Å². The van der Waals surface area contributed by atoms with E-state index in [1.165, 1.54) is 11.3 Å². The van der Waals surface area contributed by atoms with E-state index < -0.39 is 10.0 Å². The molecule has 4 rings (SSSR count). The predicted molar refractivity (Wildman–Crippen MR) is 133 cm³/mol. The highest BCUT2D eigenvalue weighted by Gasteiger charge is 2.23. The van der Waals surface area contributed by atoms with Gasteiger partial charge in [-0.25, -0.2) is 13.4 Å². The van der Waals surface area contributed by atoms with Crippen LogP contribution in [-0.4, -0.2) is 65.5 Å². The summed E-state index contributed by atoms with van der Waals surface area (Å²) < 4.78 is 27.3. The molecule has 0 unspecified atom stereocenters. The number of aromatic nitrogens is 4. The molecular formula is C22H30ClN7O2S. The highest BCUT2D eigenvalue weighted by molar-refractivity contribution is 7.92. The fraction of sp³-hybridized carbons (Fsp3) is 0.409. The van der Waals surface area contributed by atoms with Gasteiger partial charge in [0, 0.05) is 74.7 Å². The lowest BCUT2D eigenvalue weighted by atomic mass is 10.1. The number of halogens is 1. The van der Waals surface area contributed by atoms with E-state index in [1.807, 2.05) is 23.9 Å². The van der Waals surface area contributed by atoms with E-state index in [1.54, 1.807) is 24.5 Å². The number of rotatable bonds is 6. The molecule has 11 heteroatoms. The first-order chi connectivity index (χ1) is 15.2. The van der Waals surface area contributed by atoms with E-state index in [2.05, 4.69) is 43.4 Å². The lowest BCUT2D eigenvalue weighted by molar-refractivity contribution is 0.248. The van der Waals surface area contributed by atoms with Crippen molar-refractivity contribution in [3.8, 4) is 11.3 Å². The molecule has 2 aromatic heterocycles. The first-order valence-corrected chi connectivity index (χ1v) is 12.5. The second-order valence-corrected chi connectivity index (χ2v) is 9.96. The standard InChI is InChI=1S/C22H29N7O2S.ClH/c1-16-20(17(2)27(3)25-16)15-28-11-13-29(14-12-28)22-21(23-9-10-24-22)18-5-7-19(8-6-18)26-32(4,30)31;/h5-10,26H,11-15H2,1-4H3;1H. The molecule has 1 aromatic carbocycles. The molecule has 1 fully saturated rings. The van der Waals surface area contributed by atoms with Gasteiger partial charge in [0.15, 0.2) is 5.82 Å². The molecular weight excluding hydrogens is 462 g/mol. The average Bonchev–Trinajstić information content (AvgIpc) is 3.00. The summed E-state index contributed by atoms with van der Waals surface area (Å²) in [7, 11) is -1.32. The van der Waals surface area contributed by atoms with Crippen LogP contribution in [0, 0.1) is 13.8 Å². The molecule has 0 aliphatic carbocycles. The smallest absolute Gasteiger partial charge is 0.229 e. The van der Waals surface area contributed by atoms with Crippen LogP contribution in [0.15, 0.2) is 36.7 Å². The maximum Gasteiger partial charge on any atom is 0.229 e. The van der Waals surface area contributed by atoms with Crippen molar-refractivity contribution in [1.29, 1.82) is 0 Å². The SMILES string of the molecule is Cc1nn(C)c(C)c1CN1CCN(c2nccnc2-c2ccc(NS(C)(=O)=O)cc2)CC1.Cl. The molecule has 0 bridgehead atoms. The predicted octanol–water partition coefficient (Wildman–Crippen LogP) is 2.61. The molecule has 3 aromatic rings. The Hall–Kier alpha value is -2.69. The monoisotopic (exact) mass is 491 g/mol. The van der Waals surface area contributed by atoms with E-state index in [9.17, 15) is 8.42 Å². The van der Waals surface area contributed by atoms with E-state index in [-0.39, 0.29) is 12.4 Å². The van der Waals surface area contributed by atoms with E-state index in [0.29, 0.717) is 5.69 Å². The summed E-state index contributed by atoms with van der Waals surface area (Å²) in [6.45, 7) is 8.67. The van der Waals surface area contributed by atoms with Crippen molar-refractivity contribution < 1.29 is 8.42 Å². The number of piperazine rings is 1. The number of benzene rings is 1. The number of hydrogen-bond donors (Lipinski definition) is 1. The molecule has 0 radical (unpaired) electrons. The number of nitrogens with zero attached hydrogens (tertiary/aromatic N) is 6. The summed E-state index contributed by atoms with van der Waals surface area (Å²) in [5.41, 5.74) is 5.84. The maximum atomic E-state index is 11.4.